The van der Waals surface area contributed by atoms with Gasteiger partial charge in [-0.15, -0.1) is 0 Å². The van der Waals surface area contributed by atoms with E-state index in [4.69, 9.17) is 0 Å². The van der Waals surface area contributed by atoms with Gasteiger partial charge in [0.1, 0.15) is 5.82 Å². The van der Waals surface area contributed by atoms with Crippen molar-refractivity contribution in [2.75, 3.05) is 0 Å². The van der Waals surface area contributed by atoms with Gasteiger partial charge in [-0.3, -0.25) is 4.79 Å². The van der Waals surface area contributed by atoms with E-state index in [2.05, 4.69) is 0 Å². The fourth-order valence-electron chi connectivity index (χ4n) is 0.851. The van der Waals surface area contributed by atoms with Crippen LogP contribution in [0.25, 0.3) is 0 Å². The topological polar surface area (TPSA) is 17.1 Å². The lowest BCUT2D eigenvalue weighted by Crippen LogP contribution is -2.07. The SMILES string of the molecule is O=C(F)c1ccc(C(F)(F)F)cc1F. The van der Waals surface area contributed by atoms with Crippen LogP contribution in [0.4, 0.5) is 22.0 Å². The van der Waals surface area contributed by atoms with Gasteiger partial charge in [-0.1, -0.05) is 0 Å². The van der Waals surface area contributed by atoms with Crippen LogP contribution < -0.4 is 0 Å². The standard InChI is InChI=1S/C8H3F5O/c9-6-3-4(8(11,12)13)1-2-5(6)7(10)14/h1-3H. The quantitative estimate of drug-likeness (QED) is 0.514. The second-order valence-electron chi connectivity index (χ2n) is 2.47. The largest absolute Gasteiger partial charge is 0.416 e. The van der Waals surface area contributed by atoms with Gasteiger partial charge in [0.15, 0.2) is 0 Å². The molecule has 0 aliphatic heterocycles. The monoisotopic (exact) mass is 210 g/mol. The minimum atomic E-state index is -4.71. The number of hydrogen-bond donors (Lipinski definition) is 0. The summed E-state index contributed by atoms with van der Waals surface area (Å²) in [4.78, 5) is 10.0. The molecule has 0 fully saturated rings. The molecule has 0 radical (unpaired) electrons. The van der Waals surface area contributed by atoms with Gasteiger partial charge in [-0.25, -0.2) is 4.39 Å². The Morgan fingerprint density at radius 2 is 1.79 bits per heavy atom. The summed E-state index contributed by atoms with van der Waals surface area (Å²) in [6.07, 6.45) is -4.71. The lowest BCUT2D eigenvalue weighted by atomic mass is 10.1. The zero-order valence-corrected chi connectivity index (χ0v) is 6.53. The Morgan fingerprint density at radius 3 is 2.14 bits per heavy atom. The zero-order valence-electron chi connectivity index (χ0n) is 6.53. The number of halogens is 5. The van der Waals surface area contributed by atoms with Gasteiger partial charge in [-0.05, 0) is 18.2 Å². The number of alkyl halides is 3. The molecule has 0 saturated carbocycles. The molecule has 0 atom stereocenters. The predicted octanol–water partition coefficient (Wildman–Crippen LogP) is 2.95. The van der Waals surface area contributed by atoms with Crippen LogP contribution in [0.5, 0.6) is 0 Å². The van der Waals surface area contributed by atoms with E-state index in [9.17, 15) is 26.7 Å². The van der Waals surface area contributed by atoms with Crippen LogP contribution in [0.2, 0.25) is 0 Å². The highest BCUT2D eigenvalue weighted by molar-refractivity contribution is 5.88. The van der Waals surface area contributed by atoms with Gasteiger partial charge >= 0.3 is 12.2 Å². The average Bonchev–Trinajstić information content (AvgIpc) is 2.01. The lowest BCUT2D eigenvalue weighted by Gasteiger charge is -2.06. The number of carbonyl (C=O) groups excluding carboxylic acids is 1. The van der Waals surface area contributed by atoms with Crippen LogP contribution in [-0.2, 0) is 6.18 Å². The van der Waals surface area contributed by atoms with Crippen LogP contribution in [0.3, 0.4) is 0 Å². The molecule has 0 saturated heterocycles. The molecule has 0 bridgehead atoms. The first kappa shape index (κ1) is 10.6. The van der Waals surface area contributed by atoms with Crippen molar-refractivity contribution in [2.24, 2.45) is 0 Å². The van der Waals surface area contributed by atoms with Crippen LogP contribution in [0, 0.1) is 5.82 Å². The smallest absolute Gasteiger partial charge is 0.255 e. The molecule has 0 unspecified atom stereocenters. The third kappa shape index (κ3) is 2.07. The maximum atomic E-state index is 12.7. The highest BCUT2D eigenvalue weighted by Crippen LogP contribution is 2.30. The molecular weight excluding hydrogens is 207 g/mol. The van der Waals surface area contributed by atoms with E-state index in [-0.39, 0.29) is 6.07 Å². The molecule has 0 aliphatic carbocycles. The summed E-state index contributed by atoms with van der Waals surface area (Å²) in [5.41, 5.74) is -2.27. The maximum Gasteiger partial charge on any atom is 0.416 e. The van der Waals surface area contributed by atoms with Crippen LogP contribution in [0.1, 0.15) is 15.9 Å². The summed E-state index contributed by atoms with van der Waals surface area (Å²) in [5.74, 6) is -1.52. The molecule has 1 rings (SSSR count). The second kappa shape index (κ2) is 3.36. The normalized spacial score (nSPS) is 11.5. The zero-order chi connectivity index (χ0) is 10.9. The maximum absolute atomic E-state index is 12.7. The highest BCUT2D eigenvalue weighted by Gasteiger charge is 2.31. The van der Waals surface area contributed by atoms with Gasteiger partial charge in [0, 0.05) is 0 Å². The fraction of sp³-hybridized carbons (Fsp3) is 0.125. The van der Waals surface area contributed by atoms with Crippen molar-refractivity contribution in [1.29, 1.82) is 0 Å². The molecule has 0 aromatic heterocycles. The van der Waals surface area contributed by atoms with Crippen molar-refractivity contribution in [2.45, 2.75) is 6.18 Å². The van der Waals surface area contributed by atoms with Gasteiger partial charge in [0.2, 0.25) is 0 Å². The Balaban J connectivity index is 3.20. The van der Waals surface area contributed by atoms with Crippen molar-refractivity contribution in [3.63, 3.8) is 0 Å². The highest BCUT2D eigenvalue weighted by atomic mass is 19.4. The molecule has 76 valence electrons. The third-order valence-corrected chi connectivity index (χ3v) is 1.51. The average molecular weight is 210 g/mol. The summed E-state index contributed by atoms with van der Waals surface area (Å²) in [6.45, 7) is 0. The predicted molar refractivity (Wildman–Crippen MR) is 36.8 cm³/mol. The first-order chi connectivity index (χ1) is 6.32. The Labute approximate surface area is 75.2 Å². The molecule has 1 aromatic rings. The number of carbonyl (C=O) groups is 1. The first-order valence-electron chi connectivity index (χ1n) is 3.39. The molecule has 0 heterocycles. The Bertz CT molecular complexity index is 368. The van der Waals surface area contributed by atoms with E-state index in [1.54, 1.807) is 0 Å². The van der Waals surface area contributed by atoms with Gasteiger partial charge < -0.3 is 0 Å². The molecule has 6 heteroatoms. The summed E-state index contributed by atoms with van der Waals surface area (Å²) >= 11 is 0. The van der Waals surface area contributed by atoms with Crippen LogP contribution >= 0.6 is 0 Å². The van der Waals surface area contributed by atoms with E-state index in [0.29, 0.717) is 12.1 Å². The summed E-state index contributed by atoms with van der Waals surface area (Å²) in [6, 6.07) is -1.13. The number of hydrogen-bond acceptors (Lipinski definition) is 1. The van der Waals surface area contributed by atoms with Crippen LogP contribution in [0.15, 0.2) is 18.2 Å². The van der Waals surface area contributed by atoms with E-state index >= 15 is 0 Å². The van der Waals surface area contributed by atoms with E-state index in [1.165, 1.54) is 0 Å². The summed E-state index contributed by atoms with van der Waals surface area (Å²) in [7, 11) is 0. The van der Waals surface area contributed by atoms with E-state index < -0.39 is 29.2 Å². The number of benzene rings is 1. The van der Waals surface area contributed by atoms with Crippen LogP contribution in [-0.4, -0.2) is 6.04 Å². The van der Waals surface area contributed by atoms with E-state index in [1.807, 2.05) is 0 Å². The molecule has 0 N–H and O–H groups in total. The minimum Gasteiger partial charge on any atom is -0.255 e. The van der Waals surface area contributed by atoms with Crippen molar-refractivity contribution in [3.8, 4) is 0 Å². The molecule has 0 aliphatic rings. The van der Waals surface area contributed by atoms with Crippen molar-refractivity contribution < 1.29 is 26.7 Å². The van der Waals surface area contributed by atoms with Crippen molar-refractivity contribution in [3.05, 3.63) is 35.1 Å². The molecule has 0 amide bonds. The van der Waals surface area contributed by atoms with Crippen molar-refractivity contribution in [1.82, 2.24) is 0 Å². The Morgan fingerprint density at radius 1 is 1.21 bits per heavy atom. The molecule has 1 nitrogen and oxygen atoms in total. The fourth-order valence-corrected chi connectivity index (χ4v) is 0.851. The number of rotatable bonds is 1. The minimum absolute atomic E-state index is 0.0762. The van der Waals surface area contributed by atoms with Crippen molar-refractivity contribution >= 4 is 6.04 Å². The molecular formula is C8H3F5O. The molecule has 14 heavy (non-hydrogen) atoms. The van der Waals surface area contributed by atoms with Gasteiger partial charge in [0.25, 0.3) is 0 Å². The summed E-state index contributed by atoms with van der Waals surface area (Å²) < 4.78 is 60.5. The molecule has 1 aromatic carbocycles. The molecule has 0 spiro atoms. The first-order valence-corrected chi connectivity index (χ1v) is 3.39. The van der Waals surface area contributed by atoms with E-state index in [0.717, 1.165) is 0 Å². The Kier molecular flexibility index (Phi) is 2.55. The van der Waals surface area contributed by atoms with Gasteiger partial charge in [0.05, 0.1) is 11.1 Å². The second-order valence-corrected chi connectivity index (χ2v) is 2.47. The van der Waals surface area contributed by atoms with Gasteiger partial charge in [-0.2, -0.15) is 17.6 Å². The third-order valence-electron chi connectivity index (χ3n) is 1.51. The Hall–Kier alpha value is -1.46. The summed E-state index contributed by atoms with van der Waals surface area (Å²) in [5, 5.41) is 0. The lowest BCUT2D eigenvalue weighted by molar-refractivity contribution is -0.137.